The van der Waals surface area contributed by atoms with Crippen molar-refractivity contribution in [3.63, 3.8) is 0 Å². The van der Waals surface area contributed by atoms with Crippen LogP contribution in [0.5, 0.6) is 0 Å². The monoisotopic (exact) mass is 392 g/mol. The summed E-state index contributed by atoms with van der Waals surface area (Å²) < 4.78 is 18.4. The minimum Gasteiger partial charge on any atom is -0.382 e. The first-order valence-electron chi connectivity index (χ1n) is 8.73. The van der Waals surface area contributed by atoms with E-state index in [1.807, 2.05) is 6.07 Å². The molecule has 0 spiro atoms. The van der Waals surface area contributed by atoms with Crippen molar-refractivity contribution in [2.75, 3.05) is 44.8 Å². The number of benzene rings is 1. The highest BCUT2D eigenvalue weighted by Crippen LogP contribution is 2.18. The summed E-state index contributed by atoms with van der Waals surface area (Å²) in [4.78, 5) is 20.8. The maximum Gasteiger partial charge on any atom is 0.318 e. The Morgan fingerprint density at radius 3 is 2.52 bits per heavy atom. The quantitative estimate of drug-likeness (QED) is 0.849. The Morgan fingerprint density at radius 1 is 1.22 bits per heavy atom. The van der Waals surface area contributed by atoms with Crippen LogP contribution < -0.4 is 10.2 Å². The van der Waals surface area contributed by atoms with Gasteiger partial charge in [-0.3, -0.25) is 0 Å². The Kier molecular flexibility index (Phi) is 6.47. The highest BCUT2D eigenvalue weighted by molar-refractivity contribution is 6.30. The number of halogens is 2. The molecule has 144 valence electrons. The first-order valence-corrected chi connectivity index (χ1v) is 9.11. The number of nitrogens with zero attached hydrogens (tertiary/aromatic N) is 3. The van der Waals surface area contributed by atoms with Crippen LogP contribution in [-0.2, 0) is 4.74 Å². The summed E-state index contributed by atoms with van der Waals surface area (Å²) in [7, 11) is 1.57. The first kappa shape index (κ1) is 19.4. The van der Waals surface area contributed by atoms with Gasteiger partial charge in [0.15, 0.2) is 0 Å². The second-order valence-electron chi connectivity index (χ2n) is 6.32. The van der Waals surface area contributed by atoms with E-state index in [9.17, 15) is 9.18 Å². The molecule has 2 aromatic rings. The minimum atomic E-state index is -0.334. The lowest BCUT2D eigenvalue weighted by Gasteiger charge is -2.36. The third-order valence-corrected chi connectivity index (χ3v) is 4.73. The molecule has 1 saturated heterocycles. The average molecular weight is 393 g/mol. The molecule has 1 aromatic carbocycles. The highest BCUT2D eigenvalue weighted by atomic mass is 35.5. The normalized spacial score (nSPS) is 15.5. The third kappa shape index (κ3) is 5.08. The number of hydrogen-bond acceptors (Lipinski definition) is 4. The number of hydrogen-bond donors (Lipinski definition) is 1. The van der Waals surface area contributed by atoms with Crippen LogP contribution in [0.1, 0.15) is 11.6 Å². The fraction of sp³-hybridized carbons (Fsp3) is 0.368. The molecule has 0 radical (unpaired) electrons. The number of methoxy groups -OCH3 is 1. The van der Waals surface area contributed by atoms with Gasteiger partial charge in [-0.2, -0.15) is 0 Å². The van der Waals surface area contributed by atoms with Crippen molar-refractivity contribution in [1.82, 2.24) is 15.2 Å². The van der Waals surface area contributed by atoms with Crippen LogP contribution in [0.4, 0.5) is 15.0 Å². The number of rotatable bonds is 5. The number of carbonyl (C=O) groups is 1. The van der Waals surface area contributed by atoms with E-state index in [0.29, 0.717) is 37.8 Å². The molecule has 0 aliphatic carbocycles. The maximum atomic E-state index is 13.1. The van der Waals surface area contributed by atoms with Crippen molar-refractivity contribution in [2.24, 2.45) is 0 Å². The zero-order chi connectivity index (χ0) is 19.2. The van der Waals surface area contributed by atoms with E-state index in [-0.39, 0.29) is 17.9 Å². The molecule has 2 heterocycles. The summed E-state index contributed by atoms with van der Waals surface area (Å²) in [6.07, 6.45) is 1.62. The third-order valence-electron chi connectivity index (χ3n) is 4.51. The fourth-order valence-electron chi connectivity index (χ4n) is 3.02. The van der Waals surface area contributed by atoms with Crippen molar-refractivity contribution in [3.05, 3.63) is 59.0 Å². The lowest BCUT2D eigenvalue weighted by Crippen LogP contribution is -2.52. The summed E-state index contributed by atoms with van der Waals surface area (Å²) in [6, 6.07) is 9.25. The minimum absolute atomic E-state index is 0.162. The molecule has 0 saturated carbocycles. The Balaban J connectivity index is 1.57. The van der Waals surface area contributed by atoms with Gasteiger partial charge in [0.25, 0.3) is 0 Å². The number of carbonyl (C=O) groups excluding carboxylic acids is 1. The molecule has 1 unspecified atom stereocenters. The fourth-order valence-corrected chi connectivity index (χ4v) is 3.13. The molecule has 1 aromatic heterocycles. The van der Waals surface area contributed by atoms with E-state index in [2.05, 4.69) is 15.2 Å². The number of urea groups is 1. The second kappa shape index (κ2) is 9.01. The van der Waals surface area contributed by atoms with E-state index in [1.165, 1.54) is 12.1 Å². The molecular formula is C19H22ClFN4O2. The summed E-state index contributed by atoms with van der Waals surface area (Å²) in [6.45, 7) is 2.85. The number of amides is 2. The molecule has 27 heavy (non-hydrogen) atoms. The lowest BCUT2D eigenvalue weighted by molar-refractivity contribution is 0.153. The Labute approximate surface area is 162 Å². The molecule has 1 N–H and O–H groups in total. The van der Waals surface area contributed by atoms with Gasteiger partial charge in [0.1, 0.15) is 11.6 Å². The number of aromatic nitrogens is 1. The van der Waals surface area contributed by atoms with Gasteiger partial charge >= 0.3 is 6.03 Å². The van der Waals surface area contributed by atoms with Gasteiger partial charge in [0.05, 0.1) is 17.7 Å². The van der Waals surface area contributed by atoms with Crippen LogP contribution in [0.2, 0.25) is 5.02 Å². The Bertz CT molecular complexity index is 749. The van der Waals surface area contributed by atoms with E-state index in [0.717, 1.165) is 11.4 Å². The van der Waals surface area contributed by atoms with E-state index < -0.39 is 0 Å². The van der Waals surface area contributed by atoms with Crippen molar-refractivity contribution < 1.29 is 13.9 Å². The Hall–Kier alpha value is -2.38. The molecule has 1 fully saturated rings. The van der Waals surface area contributed by atoms with Crippen LogP contribution in [-0.4, -0.2) is 55.8 Å². The maximum absolute atomic E-state index is 13.1. The van der Waals surface area contributed by atoms with Gasteiger partial charge in [-0.15, -0.1) is 0 Å². The van der Waals surface area contributed by atoms with E-state index in [4.69, 9.17) is 16.3 Å². The predicted molar refractivity (Wildman–Crippen MR) is 103 cm³/mol. The van der Waals surface area contributed by atoms with E-state index >= 15 is 0 Å². The molecule has 0 bridgehead atoms. The number of ether oxygens (including phenoxy) is 1. The van der Waals surface area contributed by atoms with Crippen LogP contribution >= 0.6 is 11.6 Å². The molecular weight excluding hydrogens is 371 g/mol. The van der Waals surface area contributed by atoms with Gasteiger partial charge in [-0.05, 0) is 29.8 Å². The van der Waals surface area contributed by atoms with Gasteiger partial charge in [0, 0.05) is 39.5 Å². The van der Waals surface area contributed by atoms with Crippen molar-refractivity contribution in [1.29, 1.82) is 0 Å². The summed E-state index contributed by atoms with van der Waals surface area (Å²) >= 11 is 5.88. The lowest BCUT2D eigenvalue weighted by atomic mass is 10.1. The number of pyridine rings is 1. The number of anilines is 1. The van der Waals surface area contributed by atoms with E-state index in [1.54, 1.807) is 36.4 Å². The summed E-state index contributed by atoms with van der Waals surface area (Å²) in [5.41, 5.74) is 0.801. The first-order chi connectivity index (χ1) is 13.1. The average Bonchev–Trinajstić information content (AvgIpc) is 2.69. The van der Waals surface area contributed by atoms with Gasteiger partial charge in [0.2, 0.25) is 0 Å². The van der Waals surface area contributed by atoms with Crippen molar-refractivity contribution in [3.8, 4) is 0 Å². The van der Waals surface area contributed by atoms with Gasteiger partial charge in [-0.1, -0.05) is 23.7 Å². The molecule has 6 nitrogen and oxygen atoms in total. The topological polar surface area (TPSA) is 57.7 Å². The standard InChI is InChI=1S/C19H22ClFN4O2/c1-27-13-17(14-2-5-16(21)6-3-14)23-19(26)25-10-8-24(9-11-25)18-7-4-15(20)12-22-18/h2-7,12,17H,8-11,13H2,1H3,(H,23,26). The second-order valence-corrected chi connectivity index (χ2v) is 6.75. The molecule has 1 aliphatic rings. The van der Waals surface area contributed by atoms with Gasteiger partial charge in [-0.25, -0.2) is 14.2 Å². The highest BCUT2D eigenvalue weighted by Gasteiger charge is 2.24. The SMILES string of the molecule is COCC(NC(=O)N1CCN(c2ccc(Cl)cn2)CC1)c1ccc(F)cc1. The zero-order valence-corrected chi connectivity index (χ0v) is 15.8. The molecule has 1 atom stereocenters. The summed E-state index contributed by atoms with van der Waals surface area (Å²) in [5.74, 6) is 0.538. The molecule has 3 rings (SSSR count). The Morgan fingerprint density at radius 2 is 1.93 bits per heavy atom. The molecule has 2 amide bonds. The largest absolute Gasteiger partial charge is 0.382 e. The smallest absolute Gasteiger partial charge is 0.318 e. The van der Waals surface area contributed by atoms with Crippen LogP contribution in [0.3, 0.4) is 0 Å². The van der Waals surface area contributed by atoms with Crippen LogP contribution in [0.25, 0.3) is 0 Å². The van der Waals surface area contributed by atoms with Crippen LogP contribution in [0.15, 0.2) is 42.6 Å². The zero-order valence-electron chi connectivity index (χ0n) is 15.1. The van der Waals surface area contributed by atoms with Crippen molar-refractivity contribution in [2.45, 2.75) is 6.04 Å². The number of nitrogens with one attached hydrogen (secondary N) is 1. The molecule has 8 heteroatoms. The summed E-state index contributed by atoms with van der Waals surface area (Å²) in [5, 5.41) is 3.57. The predicted octanol–water partition coefficient (Wildman–Crippen LogP) is 3.09. The number of piperazine rings is 1. The molecule has 1 aliphatic heterocycles. The van der Waals surface area contributed by atoms with Gasteiger partial charge < -0.3 is 19.9 Å². The van der Waals surface area contributed by atoms with Crippen molar-refractivity contribution >= 4 is 23.4 Å². The van der Waals surface area contributed by atoms with Crippen LogP contribution in [0, 0.1) is 5.82 Å².